The van der Waals surface area contributed by atoms with Gasteiger partial charge in [0.1, 0.15) is 6.26 Å². The summed E-state index contributed by atoms with van der Waals surface area (Å²) in [6.07, 6.45) is 3.08. The van der Waals surface area contributed by atoms with Gasteiger partial charge < -0.3 is 14.7 Å². The molecule has 6 heteroatoms. The minimum atomic E-state index is 0.325. The van der Waals surface area contributed by atoms with Gasteiger partial charge in [-0.25, -0.2) is 0 Å². The van der Waals surface area contributed by atoms with Crippen LogP contribution in [0.25, 0.3) is 22.8 Å². The highest BCUT2D eigenvalue weighted by Gasteiger charge is 2.14. The number of furan rings is 1. The lowest BCUT2D eigenvalue weighted by atomic mass is 10.2. The van der Waals surface area contributed by atoms with Gasteiger partial charge in [-0.15, -0.1) is 0 Å². The second-order valence-corrected chi connectivity index (χ2v) is 4.10. The van der Waals surface area contributed by atoms with Gasteiger partial charge in [0.2, 0.25) is 5.82 Å². The molecule has 3 rings (SSSR count). The van der Waals surface area contributed by atoms with Crippen molar-refractivity contribution < 1.29 is 8.94 Å². The minimum absolute atomic E-state index is 0.325. The van der Waals surface area contributed by atoms with Gasteiger partial charge in [-0.1, -0.05) is 16.8 Å². The number of hydrogen-bond donors (Lipinski definition) is 1. The summed E-state index contributed by atoms with van der Waals surface area (Å²) in [4.78, 5) is 4.25. The summed E-state index contributed by atoms with van der Waals surface area (Å²) >= 11 is 5.91. The van der Waals surface area contributed by atoms with Crippen molar-refractivity contribution in [2.75, 3.05) is 5.73 Å². The number of rotatable bonds is 2. The largest absolute Gasteiger partial charge is 0.472 e. The predicted molar refractivity (Wildman–Crippen MR) is 66.9 cm³/mol. The number of hydrogen-bond acceptors (Lipinski definition) is 5. The van der Waals surface area contributed by atoms with Crippen LogP contribution in [0.3, 0.4) is 0 Å². The fourth-order valence-corrected chi connectivity index (χ4v) is 1.73. The van der Waals surface area contributed by atoms with Crippen molar-refractivity contribution in [2.24, 2.45) is 0 Å². The van der Waals surface area contributed by atoms with E-state index < -0.39 is 0 Å². The molecule has 0 aliphatic carbocycles. The molecule has 0 aliphatic heterocycles. The molecule has 2 aromatic heterocycles. The molecule has 0 amide bonds. The molecule has 1 aromatic carbocycles. The number of halogens is 1. The van der Waals surface area contributed by atoms with E-state index in [0.717, 1.165) is 5.56 Å². The van der Waals surface area contributed by atoms with E-state index in [-0.39, 0.29) is 0 Å². The Morgan fingerprint density at radius 3 is 2.89 bits per heavy atom. The summed E-state index contributed by atoms with van der Waals surface area (Å²) in [6.45, 7) is 0. The third-order valence-corrected chi connectivity index (χ3v) is 2.69. The van der Waals surface area contributed by atoms with Crippen LogP contribution in [0.1, 0.15) is 0 Å². The molecule has 0 saturated heterocycles. The van der Waals surface area contributed by atoms with Gasteiger partial charge in [-0.05, 0) is 24.3 Å². The van der Waals surface area contributed by atoms with Gasteiger partial charge in [-0.2, -0.15) is 4.98 Å². The van der Waals surface area contributed by atoms with E-state index in [1.165, 1.54) is 6.26 Å². The summed E-state index contributed by atoms with van der Waals surface area (Å²) in [6, 6.07) is 6.83. The normalized spacial score (nSPS) is 10.7. The van der Waals surface area contributed by atoms with Crippen molar-refractivity contribution in [3.8, 4) is 22.8 Å². The number of nitrogens with zero attached hydrogens (tertiary/aromatic N) is 2. The van der Waals surface area contributed by atoms with Crippen LogP contribution in [0.2, 0.25) is 5.02 Å². The molecule has 18 heavy (non-hydrogen) atoms. The second kappa shape index (κ2) is 4.19. The lowest BCUT2D eigenvalue weighted by Gasteiger charge is -1.99. The summed E-state index contributed by atoms with van der Waals surface area (Å²) in [5.41, 5.74) is 7.73. The van der Waals surface area contributed by atoms with Crippen LogP contribution in [0.15, 0.2) is 45.7 Å². The van der Waals surface area contributed by atoms with Crippen molar-refractivity contribution in [3.63, 3.8) is 0 Å². The molecule has 0 unspecified atom stereocenters. The third-order valence-electron chi connectivity index (χ3n) is 2.45. The van der Waals surface area contributed by atoms with Crippen molar-refractivity contribution >= 4 is 17.3 Å². The second-order valence-electron chi connectivity index (χ2n) is 3.67. The number of anilines is 1. The molecule has 2 heterocycles. The zero-order valence-corrected chi connectivity index (χ0v) is 9.89. The zero-order valence-electron chi connectivity index (χ0n) is 9.13. The Labute approximate surface area is 107 Å². The van der Waals surface area contributed by atoms with Gasteiger partial charge in [-0.3, -0.25) is 0 Å². The first kappa shape index (κ1) is 10.9. The quantitative estimate of drug-likeness (QED) is 0.717. The van der Waals surface area contributed by atoms with E-state index in [1.54, 1.807) is 30.5 Å². The van der Waals surface area contributed by atoms with E-state index in [0.29, 0.717) is 28.0 Å². The average molecular weight is 262 g/mol. The molecule has 5 nitrogen and oxygen atoms in total. The monoisotopic (exact) mass is 261 g/mol. The maximum absolute atomic E-state index is 5.91. The minimum Gasteiger partial charge on any atom is -0.472 e. The molecule has 0 fully saturated rings. The molecular weight excluding hydrogens is 254 g/mol. The van der Waals surface area contributed by atoms with E-state index >= 15 is 0 Å². The molecule has 0 radical (unpaired) electrons. The number of aromatic nitrogens is 2. The van der Waals surface area contributed by atoms with Crippen molar-refractivity contribution in [1.29, 1.82) is 0 Å². The van der Waals surface area contributed by atoms with Crippen LogP contribution >= 0.6 is 11.6 Å². The molecule has 0 saturated carbocycles. The molecule has 0 atom stereocenters. The summed E-state index contributed by atoms with van der Waals surface area (Å²) in [5.74, 6) is 0.768. The average Bonchev–Trinajstić information content (AvgIpc) is 3.00. The van der Waals surface area contributed by atoms with E-state index in [1.807, 2.05) is 0 Å². The van der Waals surface area contributed by atoms with Crippen LogP contribution in [0.5, 0.6) is 0 Å². The van der Waals surface area contributed by atoms with Crippen molar-refractivity contribution in [2.45, 2.75) is 0 Å². The van der Waals surface area contributed by atoms with Crippen LogP contribution in [-0.2, 0) is 0 Å². The van der Waals surface area contributed by atoms with Gasteiger partial charge in [0.05, 0.1) is 17.4 Å². The third kappa shape index (κ3) is 1.84. The molecule has 0 bridgehead atoms. The Balaban J connectivity index is 2.05. The highest BCUT2D eigenvalue weighted by Crippen LogP contribution is 2.29. The first-order valence-corrected chi connectivity index (χ1v) is 5.53. The summed E-state index contributed by atoms with van der Waals surface area (Å²) in [5, 5.41) is 4.42. The summed E-state index contributed by atoms with van der Waals surface area (Å²) < 4.78 is 10.1. The number of nitrogens with two attached hydrogens (primary N) is 1. The highest BCUT2D eigenvalue weighted by atomic mass is 35.5. The van der Waals surface area contributed by atoms with Crippen LogP contribution in [0.4, 0.5) is 5.69 Å². The molecule has 2 N–H and O–H groups in total. The van der Waals surface area contributed by atoms with Crippen LogP contribution in [0, 0.1) is 0 Å². The van der Waals surface area contributed by atoms with E-state index in [4.69, 9.17) is 26.3 Å². The predicted octanol–water partition coefficient (Wildman–Crippen LogP) is 3.23. The molecule has 0 aliphatic rings. The maximum atomic E-state index is 5.91. The first-order valence-electron chi connectivity index (χ1n) is 5.16. The Bertz CT molecular complexity index is 676. The Kier molecular flexibility index (Phi) is 2.53. The van der Waals surface area contributed by atoms with Crippen LogP contribution in [-0.4, -0.2) is 10.1 Å². The molecule has 90 valence electrons. The van der Waals surface area contributed by atoms with Gasteiger partial charge in [0.15, 0.2) is 0 Å². The van der Waals surface area contributed by atoms with E-state index in [2.05, 4.69) is 10.1 Å². The zero-order chi connectivity index (χ0) is 12.5. The Morgan fingerprint density at radius 1 is 1.22 bits per heavy atom. The SMILES string of the molecule is Nc1ccc(Cl)cc1-c1nc(-c2ccoc2)no1. The van der Waals surface area contributed by atoms with Gasteiger partial charge >= 0.3 is 0 Å². The standard InChI is InChI=1S/C12H8ClN3O2/c13-8-1-2-10(14)9(5-8)12-15-11(16-18-12)7-3-4-17-6-7/h1-6H,14H2. The number of benzene rings is 1. The first-order chi connectivity index (χ1) is 8.74. The smallest absolute Gasteiger partial charge is 0.260 e. The van der Waals surface area contributed by atoms with Crippen molar-refractivity contribution in [1.82, 2.24) is 10.1 Å². The van der Waals surface area contributed by atoms with Gasteiger partial charge in [0, 0.05) is 10.7 Å². The highest BCUT2D eigenvalue weighted by molar-refractivity contribution is 6.31. The van der Waals surface area contributed by atoms with E-state index in [9.17, 15) is 0 Å². The summed E-state index contributed by atoms with van der Waals surface area (Å²) in [7, 11) is 0. The lowest BCUT2D eigenvalue weighted by molar-refractivity contribution is 0.432. The number of nitrogen functional groups attached to an aromatic ring is 1. The van der Waals surface area contributed by atoms with Crippen LogP contribution < -0.4 is 5.73 Å². The lowest BCUT2D eigenvalue weighted by Crippen LogP contribution is -1.89. The maximum Gasteiger partial charge on any atom is 0.260 e. The fourth-order valence-electron chi connectivity index (χ4n) is 1.56. The molecule has 3 aromatic rings. The molecule has 0 spiro atoms. The van der Waals surface area contributed by atoms with Crippen molar-refractivity contribution in [3.05, 3.63) is 41.8 Å². The Hall–Kier alpha value is -2.27. The Morgan fingerprint density at radius 2 is 2.11 bits per heavy atom. The van der Waals surface area contributed by atoms with Gasteiger partial charge in [0.25, 0.3) is 5.89 Å². The fraction of sp³-hybridized carbons (Fsp3) is 0. The topological polar surface area (TPSA) is 78.1 Å². The molecular formula is C12H8ClN3O2.